The van der Waals surface area contributed by atoms with E-state index in [-0.39, 0.29) is 50.5 Å². The number of ether oxygens (including phenoxy) is 7. The summed E-state index contributed by atoms with van der Waals surface area (Å²) in [5.74, 6) is -4.28. The third-order valence-electron chi connectivity index (χ3n) is 12.1. The number of esters is 1. The van der Waals surface area contributed by atoms with E-state index in [0.29, 0.717) is 13.0 Å². The zero-order chi connectivity index (χ0) is 43.2. The van der Waals surface area contributed by atoms with E-state index < -0.39 is 102 Å². The Morgan fingerprint density at radius 2 is 1.53 bits per heavy atom. The van der Waals surface area contributed by atoms with E-state index in [0.717, 1.165) is 0 Å². The molecular weight excluding hydrogens is 748 g/mol. The van der Waals surface area contributed by atoms with E-state index in [4.69, 9.17) is 38.0 Å². The molecule has 0 radical (unpaired) electrons. The largest absolute Gasteiger partial charge is 0.459 e. The highest BCUT2D eigenvalue weighted by atomic mass is 16.7. The average molecular weight is 823 g/mol. The number of likely N-dealkylation sites (N-methyl/N-ethyl adjacent to an activating group) is 1. The Bertz CT molecular complexity index is 1280. The molecule has 334 valence electrons. The summed E-state index contributed by atoms with van der Waals surface area (Å²) in [7, 11) is 5.24. The molecule has 6 N–H and O–H groups in total. The number of hydrogen-bond donors (Lipinski definition) is 6. The van der Waals surface area contributed by atoms with Crippen molar-refractivity contribution in [3.63, 3.8) is 0 Å². The quantitative estimate of drug-likeness (QED) is 0.0711. The highest BCUT2D eigenvalue weighted by Crippen LogP contribution is 2.40. The first-order chi connectivity index (χ1) is 26.4. The second-order valence-corrected chi connectivity index (χ2v) is 17.6. The van der Waals surface area contributed by atoms with Crippen molar-refractivity contribution in [2.75, 3.05) is 41.2 Å². The van der Waals surface area contributed by atoms with E-state index in [1.165, 1.54) is 21.0 Å². The summed E-state index contributed by atoms with van der Waals surface area (Å²) in [6.07, 6.45) is -10.5. The lowest BCUT2D eigenvalue weighted by Crippen LogP contribution is -2.61. The lowest BCUT2D eigenvalue weighted by molar-refractivity contribution is -0.316. The molecule has 17 nitrogen and oxygen atoms in total. The Kier molecular flexibility index (Phi) is 18.2. The van der Waals surface area contributed by atoms with Gasteiger partial charge in [-0.05, 0) is 74.9 Å². The summed E-state index contributed by atoms with van der Waals surface area (Å²) < 4.78 is 42.0. The van der Waals surface area contributed by atoms with Gasteiger partial charge >= 0.3 is 5.97 Å². The first-order valence-corrected chi connectivity index (χ1v) is 20.4. The second-order valence-electron chi connectivity index (χ2n) is 17.6. The van der Waals surface area contributed by atoms with Gasteiger partial charge in [-0.25, -0.2) is 0 Å². The van der Waals surface area contributed by atoms with Crippen LogP contribution in [0.2, 0.25) is 0 Å². The molecule has 0 amide bonds. The fourth-order valence-corrected chi connectivity index (χ4v) is 8.74. The van der Waals surface area contributed by atoms with Crippen LogP contribution in [0.4, 0.5) is 0 Å². The number of nitrogens with zero attached hydrogens (tertiary/aromatic N) is 2. The molecule has 0 aliphatic carbocycles. The van der Waals surface area contributed by atoms with E-state index in [1.54, 1.807) is 48.5 Å². The van der Waals surface area contributed by atoms with Gasteiger partial charge in [-0.15, -0.1) is 0 Å². The number of carbonyl (C=O) groups excluding carboxylic acids is 1. The van der Waals surface area contributed by atoms with Gasteiger partial charge < -0.3 is 73.5 Å². The van der Waals surface area contributed by atoms with Crippen molar-refractivity contribution in [3.8, 4) is 0 Å². The van der Waals surface area contributed by atoms with Gasteiger partial charge in [-0.1, -0.05) is 32.9 Å². The molecular formula is C40H74N2O15. The SMILES string of the molecule is CC[C@H]1OC(=O)[C@H](C)[C@@H](O[C@H]2CC(C)(O)[C@@H](O)[C@H](C)O2)[C@H](C)[C@@H](O[C@@H]2O[C@H](C)C[C@H](N(C)C)[C@H]2O)[C@](C)(O)C[C@@H](C)/C(=N\OCOCCOC)[C@H](C)[C@@H](O)[C@]1(C)O. The van der Waals surface area contributed by atoms with Crippen molar-refractivity contribution in [1.29, 1.82) is 0 Å². The molecule has 0 bridgehead atoms. The Balaban J connectivity index is 2.21. The number of hydrogen-bond acceptors (Lipinski definition) is 17. The smallest absolute Gasteiger partial charge is 0.311 e. The molecule has 18 atom stereocenters. The van der Waals surface area contributed by atoms with Crippen LogP contribution in [0.3, 0.4) is 0 Å². The maximum Gasteiger partial charge on any atom is 0.311 e. The predicted octanol–water partition coefficient (Wildman–Crippen LogP) is 1.56. The molecule has 0 saturated carbocycles. The number of carbonyl (C=O) groups is 1. The minimum Gasteiger partial charge on any atom is -0.459 e. The third kappa shape index (κ3) is 12.3. The van der Waals surface area contributed by atoms with Crippen LogP contribution in [0, 0.1) is 23.7 Å². The Labute approximate surface area is 338 Å². The zero-order valence-corrected chi connectivity index (χ0v) is 36.4. The molecule has 3 aliphatic rings. The van der Waals surface area contributed by atoms with E-state index >= 15 is 0 Å². The lowest BCUT2D eigenvalue weighted by Gasteiger charge is -2.48. The fourth-order valence-electron chi connectivity index (χ4n) is 8.74. The topological polar surface area (TPSA) is 228 Å². The maximum atomic E-state index is 14.2. The normalized spacial score (nSPS) is 46.4. The lowest BCUT2D eigenvalue weighted by atomic mass is 9.73. The van der Waals surface area contributed by atoms with Crippen LogP contribution in [0.15, 0.2) is 5.16 Å². The maximum absolute atomic E-state index is 14.2. The number of aliphatic hydroxyl groups is 6. The summed E-state index contributed by atoms with van der Waals surface area (Å²) in [4.78, 5) is 21.7. The minimum atomic E-state index is -1.98. The Morgan fingerprint density at radius 1 is 0.877 bits per heavy atom. The summed E-state index contributed by atoms with van der Waals surface area (Å²) >= 11 is 0. The number of methoxy groups -OCH3 is 1. The van der Waals surface area contributed by atoms with Crippen LogP contribution in [-0.2, 0) is 42.8 Å². The summed E-state index contributed by atoms with van der Waals surface area (Å²) in [6, 6.07) is -0.341. The Hall–Kier alpha value is -1.58. The third-order valence-corrected chi connectivity index (χ3v) is 12.1. The molecule has 17 heteroatoms. The van der Waals surface area contributed by atoms with E-state index in [1.807, 2.05) is 25.9 Å². The van der Waals surface area contributed by atoms with Gasteiger partial charge in [0.1, 0.15) is 23.9 Å². The van der Waals surface area contributed by atoms with Gasteiger partial charge in [-0.3, -0.25) is 4.79 Å². The molecule has 0 aromatic heterocycles. The first kappa shape index (κ1) is 49.8. The second kappa shape index (κ2) is 20.8. The van der Waals surface area contributed by atoms with E-state index in [2.05, 4.69) is 5.16 Å². The summed E-state index contributed by atoms with van der Waals surface area (Å²) in [5, 5.41) is 74.2. The average Bonchev–Trinajstić information content (AvgIpc) is 3.12. The van der Waals surface area contributed by atoms with Crippen molar-refractivity contribution in [2.45, 2.75) is 179 Å². The molecule has 1 unspecified atom stereocenters. The van der Waals surface area contributed by atoms with Gasteiger partial charge in [0, 0.05) is 37.3 Å². The van der Waals surface area contributed by atoms with Crippen LogP contribution in [0.25, 0.3) is 0 Å². The van der Waals surface area contributed by atoms with Gasteiger partial charge in [-0.2, -0.15) is 0 Å². The molecule has 57 heavy (non-hydrogen) atoms. The summed E-state index contributed by atoms with van der Waals surface area (Å²) in [5.41, 5.74) is -5.09. The number of oxime groups is 1. The molecule has 3 heterocycles. The van der Waals surface area contributed by atoms with Crippen LogP contribution in [-0.4, -0.2) is 173 Å². The van der Waals surface area contributed by atoms with Crippen LogP contribution >= 0.6 is 0 Å². The molecule has 3 aliphatic heterocycles. The molecule has 3 rings (SSSR count). The van der Waals surface area contributed by atoms with Gasteiger partial charge in [0.25, 0.3) is 0 Å². The van der Waals surface area contributed by atoms with Crippen molar-refractivity contribution in [1.82, 2.24) is 4.90 Å². The predicted molar refractivity (Wildman–Crippen MR) is 208 cm³/mol. The Morgan fingerprint density at radius 3 is 2.11 bits per heavy atom. The summed E-state index contributed by atoms with van der Waals surface area (Å²) in [6.45, 7) is 16.7. The monoisotopic (exact) mass is 823 g/mol. The van der Waals surface area contributed by atoms with Crippen molar-refractivity contribution < 1.29 is 73.4 Å². The molecule has 0 spiro atoms. The van der Waals surface area contributed by atoms with Crippen molar-refractivity contribution >= 4 is 11.7 Å². The van der Waals surface area contributed by atoms with Gasteiger partial charge in [0.05, 0.1) is 66.6 Å². The van der Waals surface area contributed by atoms with Crippen molar-refractivity contribution in [2.24, 2.45) is 28.8 Å². The minimum absolute atomic E-state index is 0.0516. The highest BCUT2D eigenvalue weighted by Gasteiger charge is 2.53. The zero-order valence-electron chi connectivity index (χ0n) is 36.4. The van der Waals surface area contributed by atoms with E-state index in [9.17, 15) is 35.4 Å². The highest BCUT2D eigenvalue weighted by molar-refractivity contribution is 5.88. The molecule has 0 aromatic rings. The first-order valence-electron chi connectivity index (χ1n) is 20.4. The van der Waals surface area contributed by atoms with Gasteiger partial charge in [0.15, 0.2) is 12.6 Å². The fraction of sp³-hybridized carbons (Fsp3) is 0.950. The number of rotatable bonds is 12. The molecule has 0 aromatic carbocycles. The molecule has 3 saturated heterocycles. The van der Waals surface area contributed by atoms with Crippen molar-refractivity contribution in [3.05, 3.63) is 0 Å². The number of aliphatic hydroxyl groups excluding tert-OH is 3. The standard InChI is InChI=1S/C40H74N2O15/c1-14-28-40(10,49)33(44)23(4)30(41-52-20-51-16-15-50-13)21(2)18-39(9,48)35(57-37-31(43)27(42(11)12)17-22(3)53-37)24(5)32(25(6)36(46)55-28)56-29-19-38(8,47)34(45)26(7)54-29/h21-29,31-35,37,43-45,47-49H,14-20H2,1-13H3/b41-30+/t21-,22-,23+,24+,25-,26+,27+,28-,29+,31-,32+,33-,34+,35-,37+,38?,39-,40-/m1/s1. The van der Waals surface area contributed by atoms with Crippen LogP contribution in [0.5, 0.6) is 0 Å². The van der Waals surface area contributed by atoms with Gasteiger partial charge in [0.2, 0.25) is 6.79 Å². The van der Waals surface area contributed by atoms with Crippen LogP contribution < -0.4 is 0 Å². The van der Waals surface area contributed by atoms with Crippen LogP contribution in [0.1, 0.15) is 94.9 Å². The number of cyclic esters (lactones) is 1. The molecule has 3 fully saturated rings.